The number of benzene rings is 2. The van der Waals surface area contributed by atoms with Crippen molar-refractivity contribution in [3.05, 3.63) is 46.2 Å². The summed E-state index contributed by atoms with van der Waals surface area (Å²) in [4.78, 5) is 3.42. The lowest BCUT2D eigenvalue weighted by Gasteiger charge is -2.31. The smallest absolute Gasteiger partial charge is 0.180 e. The molecule has 344 valence electrons. The van der Waals surface area contributed by atoms with Crippen LogP contribution in [0, 0.1) is 34.5 Å². The van der Waals surface area contributed by atoms with Crippen molar-refractivity contribution in [2.75, 3.05) is 79.3 Å². The van der Waals surface area contributed by atoms with Crippen LogP contribution in [-0.4, -0.2) is 79.3 Å². The second-order valence-electron chi connectivity index (χ2n) is 21.1. The highest BCUT2D eigenvalue weighted by Gasteiger charge is 2.43. The molecule has 0 amide bonds. The van der Waals surface area contributed by atoms with E-state index in [0.717, 1.165) is 58.7 Å². The van der Waals surface area contributed by atoms with Gasteiger partial charge < -0.3 is 37.9 Å². The van der Waals surface area contributed by atoms with Gasteiger partial charge in [-0.3, -0.25) is 0 Å². The molecule has 0 spiro atoms. The zero-order chi connectivity index (χ0) is 45.0. The normalized spacial score (nSPS) is 16.5. The van der Waals surface area contributed by atoms with Crippen LogP contribution in [0.25, 0.3) is 31.7 Å². The van der Waals surface area contributed by atoms with E-state index in [0.29, 0.717) is 109 Å². The van der Waals surface area contributed by atoms with E-state index >= 15 is 0 Å². The monoisotopic (exact) mass is 912 g/mol. The fraction of sp³-hybridized carbons (Fsp3) is 0.647. The number of alkyl halides is 1. The maximum atomic E-state index is 7.19. The molecule has 2 aliphatic heterocycles. The largest absolute Gasteiger partial charge is 0.488 e. The van der Waals surface area contributed by atoms with Crippen LogP contribution in [0.1, 0.15) is 99.8 Å². The first-order valence-corrected chi connectivity index (χ1v) is 24.6. The van der Waals surface area contributed by atoms with E-state index in [2.05, 4.69) is 113 Å². The first-order chi connectivity index (χ1) is 29.2. The molecule has 4 aromatic rings. The van der Waals surface area contributed by atoms with Crippen LogP contribution in [-0.2, 0) is 29.2 Å². The Morgan fingerprint density at radius 1 is 0.516 bits per heavy atom. The fourth-order valence-corrected chi connectivity index (χ4v) is 10.4. The summed E-state index contributed by atoms with van der Waals surface area (Å²) >= 11 is 10.6. The van der Waals surface area contributed by atoms with Crippen LogP contribution in [0.3, 0.4) is 0 Å². The molecular formula is C51H73ClO8S2. The van der Waals surface area contributed by atoms with Crippen molar-refractivity contribution in [3.63, 3.8) is 0 Å². The van der Waals surface area contributed by atoms with Gasteiger partial charge in [-0.15, -0.1) is 34.3 Å². The number of hydrogen-bond acceptors (Lipinski definition) is 10. The van der Waals surface area contributed by atoms with Crippen molar-refractivity contribution in [1.82, 2.24) is 0 Å². The van der Waals surface area contributed by atoms with Gasteiger partial charge in [-0.25, -0.2) is 0 Å². The number of fused-ring (bicyclic) bond motifs is 3. The number of rotatable bonds is 19. The Hall–Kier alpha value is -2.57. The number of halogens is 1. The van der Waals surface area contributed by atoms with Gasteiger partial charge in [0.25, 0.3) is 0 Å². The number of hydrogen-bond donors (Lipinski definition) is 0. The number of ether oxygens (including phenoxy) is 8. The summed E-state index contributed by atoms with van der Waals surface area (Å²) in [5.74, 6) is 4.68. The summed E-state index contributed by atoms with van der Waals surface area (Å²) < 4.78 is 52.9. The Balaban J connectivity index is 1.42. The molecule has 0 saturated carbocycles. The maximum Gasteiger partial charge on any atom is 0.180 e. The zero-order valence-electron chi connectivity index (χ0n) is 39.7. The SMILES string of the molecule is CC(C)COCC1(COCC(C)C)COc2c(-c3ccc(-c4sc(C(C)(C)Cl)c5c4OCC(COCC(C)C)(COCC(C)C)CO5)c4ccccc34)sc(C(C)(C)C)c2OC1. The molecule has 6 rings (SSSR count). The molecule has 0 atom stereocenters. The van der Waals surface area contributed by atoms with Gasteiger partial charge in [0.1, 0.15) is 26.4 Å². The van der Waals surface area contributed by atoms with Crippen molar-refractivity contribution < 1.29 is 37.9 Å². The third-order valence-corrected chi connectivity index (χ3v) is 14.2. The highest BCUT2D eigenvalue weighted by Crippen LogP contribution is 2.58. The van der Waals surface area contributed by atoms with Gasteiger partial charge >= 0.3 is 0 Å². The van der Waals surface area contributed by atoms with Crippen LogP contribution in [0.15, 0.2) is 36.4 Å². The van der Waals surface area contributed by atoms with Crippen LogP contribution < -0.4 is 18.9 Å². The molecule has 0 aliphatic carbocycles. The third-order valence-electron chi connectivity index (χ3n) is 10.8. The second-order valence-corrected chi connectivity index (χ2v) is 24.0. The Kier molecular flexibility index (Phi) is 16.0. The average Bonchev–Trinajstić information content (AvgIpc) is 3.62. The Labute approximate surface area is 385 Å². The van der Waals surface area contributed by atoms with E-state index in [1.165, 1.54) is 0 Å². The van der Waals surface area contributed by atoms with Crippen molar-refractivity contribution in [1.29, 1.82) is 0 Å². The quantitative estimate of drug-likeness (QED) is 0.0862. The first kappa shape index (κ1) is 48.9. The van der Waals surface area contributed by atoms with Gasteiger partial charge in [-0.05, 0) is 48.3 Å². The highest BCUT2D eigenvalue weighted by atomic mass is 35.5. The van der Waals surface area contributed by atoms with Crippen LogP contribution in [0.4, 0.5) is 0 Å². The maximum absolute atomic E-state index is 7.19. The van der Waals surface area contributed by atoms with E-state index in [1.54, 1.807) is 22.7 Å². The lowest BCUT2D eigenvalue weighted by molar-refractivity contribution is -0.0675. The Morgan fingerprint density at radius 3 is 1.16 bits per heavy atom. The van der Waals surface area contributed by atoms with Gasteiger partial charge in [-0.2, -0.15) is 0 Å². The molecule has 4 heterocycles. The Bertz CT molecular complexity index is 1910. The topological polar surface area (TPSA) is 73.8 Å². The van der Waals surface area contributed by atoms with Gasteiger partial charge in [0.05, 0.1) is 61.6 Å². The molecule has 62 heavy (non-hydrogen) atoms. The van der Waals surface area contributed by atoms with E-state index in [1.807, 2.05) is 13.8 Å². The number of thiophene rings is 2. The molecule has 2 aromatic heterocycles. The van der Waals surface area contributed by atoms with Crippen LogP contribution >= 0.6 is 34.3 Å². The van der Waals surface area contributed by atoms with Crippen molar-refractivity contribution >= 4 is 45.0 Å². The fourth-order valence-electron chi connectivity index (χ4n) is 7.71. The van der Waals surface area contributed by atoms with Crippen molar-refractivity contribution in [2.45, 2.75) is 100 Å². The predicted octanol–water partition coefficient (Wildman–Crippen LogP) is 13.3. The summed E-state index contributed by atoms with van der Waals surface area (Å²) in [6.07, 6.45) is 0. The highest BCUT2D eigenvalue weighted by molar-refractivity contribution is 7.17. The standard InChI is InChI=1S/C51H73ClO8S2/c1-32(2)20-53-24-50(25-54-21-33(3)4)28-57-40-42(59-30-50)46(48(9,10)11)61-44(40)38-18-19-39(37-17-15-14-16-36(37)38)45-41-43(47(62-45)49(12,13)52)60-31-51(29-58-41,26-55-22-34(5)6)27-56-23-35(7)8/h14-19,32-35H,20-31H2,1-13H3. The molecule has 0 unspecified atom stereocenters. The molecule has 11 heteroatoms. The molecule has 0 radical (unpaired) electrons. The van der Waals surface area contributed by atoms with E-state index in [4.69, 9.17) is 49.5 Å². The van der Waals surface area contributed by atoms with Gasteiger partial charge in [-0.1, -0.05) is 113 Å². The van der Waals surface area contributed by atoms with E-state index in [9.17, 15) is 0 Å². The summed E-state index contributed by atoms with van der Waals surface area (Å²) in [6.45, 7) is 34.3. The first-order valence-electron chi connectivity index (χ1n) is 22.6. The summed E-state index contributed by atoms with van der Waals surface area (Å²) in [7, 11) is 0. The molecular weight excluding hydrogens is 840 g/mol. The predicted molar refractivity (Wildman–Crippen MR) is 258 cm³/mol. The van der Waals surface area contributed by atoms with Gasteiger partial charge in [0, 0.05) is 43.0 Å². The van der Waals surface area contributed by atoms with E-state index < -0.39 is 15.7 Å². The minimum atomic E-state index is -0.703. The molecule has 2 aromatic carbocycles. The summed E-state index contributed by atoms with van der Waals surface area (Å²) in [5, 5.41) is 2.20. The molecule has 0 fully saturated rings. The molecule has 0 N–H and O–H groups in total. The second kappa shape index (κ2) is 20.3. The van der Waals surface area contributed by atoms with Crippen molar-refractivity contribution in [3.8, 4) is 43.9 Å². The molecule has 2 aliphatic rings. The summed E-state index contributed by atoms with van der Waals surface area (Å²) in [5.41, 5.74) is 0.989. The van der Waals surface area contributed by atoms with E-state index in [-0.39, 0.29) is 5.41 Å². The molecule has 0 bridgehead atoms. The van der Waals surface area contributed by atoms with Crippen molar-refractivity contribution in [2.24, 2.45) is 34.5 Å². The molecule has 8 nitrogen and oxygen atoms in total. The average molecular weight is 914 g/mol. The van der Waals surface area contributed by atoms with Crippen LogP contribution in [0.2, 0.25) is 0 Å². The van der Waals surface area contributed by atoms with Gasteiger partial charge in [0.2, 0.25) is 0 Å². The Morgan fingerprint density at radius 2 is 0.839 bits per heavy atom. The van der Waals surface area contributed by atoms with Gasteiger partial charge in [0.15, 0.2) is 23.0 Å². The minimum Gasteiger partial charge on any atom is -0.488 e. The lowest BCUT2D eigenvalue weighted by atomic mass is 9.92. The third kappa shape index (κ3) is 11.6. The zero-order valence-corrected chi connectivity index (χ0v) is 42.1. The van der Waals surface area contributed by atoms with Crippen LogP contribution in [0.5, 0.6) is 23.0 Å². The lowest BCUT2D eigenvalue weighted by Crippen LogP contribution is -2.43. The summed E-state index contributed by atoms with van der Waals surface area (Å²) in [6, 6.07) is 13.1. The molecule has 0 saturated heterocycles. The minimum absolute atomic E-state index is 0.188.